The van der Waals surface area contributed by atoms with Gasteiger partial charge in [0.25, 0.3) is 0 Å². The molecule has 0 aromatic heterocycles. The lowest BCUT2D eigenvalue weighted by Gasteiger charge is -2.21. The van der Waals surface area contributed by atoms with E-state index >= 15 is 0 Å². The van der Waals surface area contributed by atoms with Gasteiger partial charge in [-0.25, -0.2) is 0 Å². The van der Waals surface area contributed by atoms with Crippen LogP contribution in [0.5, 0.6) is 5.75 Å². The largest absolute Gasteiger partial charge is 0.477 e. The van der Waals surface area contributed by atoms with Crippen LogP contribution >= 0.6 is 12.6 Å². The maximum Gasteiger partial charge on any atom is 0.146 e. The van der Waals surface area contributed by atoms with Gasteiger partial charge < -0.3 is 4.74 Å². The Balaban J connectivity index is 2.52. The summed E-state index contributed by atoms with van der Waals surface area (Å²) < 4.78 is 5.78. The van der Waals surface area contributed by atoms with E-state index < -0.39 is 4.93 Å². The molecule has 2 rings (SSSR count). The lowest BCUT2D eigenvalue weighted by molar-refractivity contribution is 0.212. The Morgan fingerprint density at radius 2 is 1.67 bits per heavy atom. The number of benzene rings is 2. The zero-order chi connectivity index (χ0) is 10.9. The van der Waals surface area contributed by atoms with E-state index in [9.17, 15) is 0 Å². The first-order valence-electron chi connectivity index (χ1n) is 4.95. The highest BCUT2D eigenvalue weighted by Gasteiger charge is 2.14. The highest BCUT2D eigenvalue weighted by molar-refractivity contribution is 7.81. The SMILES string of the molecule is CC(C)(S)Oc1cccc2ccccc12. The molecule has 0 aliphatic carbocycles. The standard InChI is InChI=1S/C13H14OS/c1-13(2,15)14-12-9-5-7-10-6-3-4-8-11(10)12/h3-9,15H,1-2H3. The second kappa shape index (κ2) is 3.78. The number of fused-ring (bicyclic) bond motifs is 1. The summed E-state index contributed by atoms with van der Waals surface area (Å²) in [5.74, 6) is 0.883. The van der Waals surface area contributed by atoms with E-state index in [1.807, 2.05) is 38.1 Å². The van der Waals surface area contributed by atoms with E-state index in [-0.39, 0.29) is 0 Å². The summed E-state index contributed by atoms with van der Waals surface area (Å²) in [4.78, 5) is -0.454. The Labute approximate surface area is 95.5 Å². The second-order valence-corrected chi connectivity index (χ2v) is 5.10. The van der Waals surface area contributed by atoms with Crippen molar-refractivity contribution in [3.05, 3.63) is 42.5 Å². The van der Waals surface area contributed by atoms with Gasteiger partial charge >= 0.3 is 0 Å². The first-order chi connectivity index (χ1) is 7.06. The average Bonchev–Trinajstić information content (AvgIpc) is 2.16. The van der Waals surface area contributed by atoms with Crippen LogP contribution in [0.15, 0.2) is 42.5 Å². The average molecular weight is 218 g/mol. The molecule has 1 nitrogen and oxygen atoms in total. The van der Waals surface area contributed by atoms with Crippen LogP contribution in [0.4, 0.5) is 0 Å². The maximum absolute atomic E-state index is 5.78. The van der Waals surface area contributed by atoms with E-state index in [1.54, 1.807) is 0 Å². The fraction of sp³-hybridized carbons (Fsp3) is 0.231. The molecular formula is C13H14OS. The van der Waals surface area contributed by atoms with Crippen LogP contribution in [0.25, 0.3) is 10.8 Å². The molecule has 0 bridgehead atoms. The summed E-state index contributed by atoms with van der Waals surface area (Å²) in [6.07, 6.45) is 0. The quantitative estimate of drug-likeness (QED) is 0.594. The molecule has 0 atom stereocenters. The topological polar surface area (TPSA) is 9.23 Å². The minimum atomic E-state index is -0.454. The van der Waals surface area contributed by atoms with Crippen molar-refractivity contribution in [2.24, 2.45) is 0 Å². The van der Waals surface area contributed by atoms with Crippen molar-refractivity contribution in [3.63, 3.8) is 0 Å². The van der Waals surface area contributed by atoms with E-state index in [2.05, 4.69) is 30.8 Å². The molecule has 0 heterocycles. The normalized spacial score (nSPS) is 11.7. The van der Waals surface area contributed by atoms with E-state index in [4.69, 9.17) is 4.74 Å². The monoisotopic (exact) mass is 218 g/mol. The third kappa shape index (κ3) is 2.45. The van der Waals surface area contributed by atoms with Crippen molar-refractivity contribution in [1.29, 1.82) is 0 Å². The predicted molar refractivity (Wildman–Crippen MR) is 67.6 cm³/mol. The Bertz CT molecular complexity index is 466. The molecule has 0 saturated carbocycles. The van der Waals surface area contributed by atoms with E-state index in [0.717, 1.165) is 11.1 Å². The Kier molecular flexibility index (Phi) is 2.61. The van der Waals surface area contributed by atoms with Crippen LogP contribution < -0.4 is 4.74 Å². The molecule has 0 spiro atoms. The molecule has 0 saturated heterocycles. The first kappa shape index (κ1) is 10.4. The van der Waals surface area contributed by atoms with Crippen molar-refractivity contribution < 1.29 is 4.74 Å². The van der Waals surface area contributed by atoms with Gasteiger partial charge in [-0.05, 0) is 25.3 Å². The summed E-state index contributed by atoms with van der Waals surface area (Å²) in [6.45, 7) is 3.86. The lowest BCUT2D eigenvalue weighted by atomic mass is 10.1. The van der Waals surface area contributed by atoms with Gasteiger partial charge in [0.1, 0.15) is 10.7 Å². The van der Waals surface area contributed by atoms with Crippen LogP contribution in [0.1, 0.15) is 13.8 Å². The minimum Gasteiger partial charge on any atom is -0.477 e. The second-order valence-electron chi connectivity index (χ2n) is 4.03. The molecule has 0 fully saturated rings. The highest BCUT2D eigenvalue weighted by atomic mass is 32.1. The van der Waals surface area contributed by atoms with Crippen LogP contribution in [0.2, 0.25) is 0 Å². The third-order valence-corrected chi connectivity index (χ3v) is 2.20. The van der Waals surface area contributed by atoms with E-state index in [0.29, 0.717) is 0 Å². The van der Waals surface area contributed by atoms with Gasteiger partial charge in [0.2, 0.25) is 0 Å². The molecule has 2 aromatic rings. The van der Waals surface area contributed by atoms with Crippen molar-refractivity contribution >= 4 is 23.4 Å². The molecule has 0 aliphatic rings. The molecule has 0 amide bonds. The fourth-order valence-electron chi connectivity index (χ4n) is 1.55. The van der Waals surface area contributed by atoms with Crippen LogP contribution in [-0.4, -0.2) is 4.93 Å². The number of rotatable bonds is 2. The maximum atomic E-state index is 5.78. The molecular weight excluding hydrogens is 204 g/mol. The van der Waals surface area contributed by atoms with Gasteiger partial charge in [0.05, 0.1) is 0 Å². The Hall–Kier alpha value is -1.15. The van der Waals surface area contributed by atoms with Crippen LogP contribution in [-0.2, 0) is 0 Å². The van der Waals surface area contributed by atoms with Gasteiger partial charge in [-0.3, -0.25) is 0 Å². The Morgan fingerprint density at radius 3 is 2.40 bits per heavy atom. The molecule has 2 heteroatoms. The minimum absolute atomic E-state index is 0.454. The van der Waals surface area contributed by atoms with Crippen LogP contribution in [0, 0.1) is 0 Å². The number of thiol groups is 1. The van der Waals surface area contributed by atoms with Gasteiger partial charge in [-0.1, -0.05) is 36.4 Å². The molecule has 0 unspecified atom stereocenters. The molecule has 0 aliphatic heterocycles. The molecule has 0 N–H and O–H groups in total. The summed E-state index contributed by atoms with van der Waals surface area (Å²) in [5, 5.41) is 2.31. The van der Waals surface area contributed by atoms with Crippen molar-refractivity contribution in [3.8, 4) is 5.75 Å². The third-order valence-electron chi connectivity index (χ3n) is 2.11. The molecule has 0 radical (unpaired) electrons. The first-order valence-corrected chi connectivity index (χ1v) is 5.40. The predicted octanol–water partition coefficient (Wildman–Crippen LogP) is 3.88. The molecule has 15 heavy (non-hydrogen) atoms. The summed E-state index contributed by atoms with van der Waals surface area (Å²) >= 11 is 4.37. The van der Waals surface area contributed by atoms with E-state index in [1.165, 1.54) is 5.39 Å². The number of hydrogen-bond acceptors (Lipinski definition) is 2. The molecule has 2 aromatic carbocycles. The highest BCUT2D eigenvalue weighted by Crippen LogP contribution is 2.29. The van der Waals surface area contributed by atoms with Crippen LogP contribution in [0.3, 0.4) is 0 Å². The van der Waals surface area contributed by atoms with Gasteiger partial charge in [0, 0.05) is 5.39 Å². The summed E-state index contributed by atoms with van der Waals surface area (Å²) in [7, 11) is 0. The fourth-order valence-corrected chi connectivity index (χ4v) is 1.65. The zero-order valence-electron chi connectivity index (χ0n) is 8.90. The smallest absolute Gasteiger partial charge is 0.146 e. The van der Waals surface area contributed by atoms with Gasteiger partial charge in [0.15, 0.2) is 0 Å². The zero-order valence-corrected chi connectivity index (χ0v) is 9.79. The number of hydrogen-bond donors (Lipinski definition) is 1. The number of ether oxygens (including phenoxy) is 1. The van der Waals surface area contributed by atoms with Crippen molar-refractivity contribution in [2.45, 2.75) is 18.8 Å². The summed E-state index contributed by atoms with van der Waals surface area (Å²) in [5.41, 5.74) is 0. The van der Waals surface area contributed by atoms with Gasteiger partial charge in [-0.15, -0.1) is 12.6 Å². The van der Waals surface area contributed by atoms with Gasteiger partial charge in [-0.2, -0.15) is 0 Å². The molecule has 78 valence electrons. The Morgan fingerprint density at radius 1 is 1.00 bits per heavy atom. The lowest BCUT2D eigenvalue weighted by Crippen LogP contribution is -2.19. The summed E-state index contributed by atoms with van der Waals surface area (Å²) in [6, 6.07) is 14.2. The van der Waals surface area contributed by atoms with Crippen molar-refractivity contribution in [1.82, 2.24) is 0 Å². The van der Waals surface area contributed by atoms with Crippen molar-refractivity contribution in [2.75, 3.05) is 0 Å².